The van der Waals surface area contributed by atoms with Crippen LogP contribution >= 0.6 is 11.8 Å². The van der Waals surface area contributed by atoms with Gasteiger partial charge in [0.25, 0.3) is 5.03 Å². The number of hydrogen-bond donors (Lipinski definition) is 1. The van der Waals surface area contributed by atoms with E-state index in [4.69, 9.17) is 0 Å². The van der Waals surface area contributed by atoms with Crippen LogP contribution in [0.2, 0.25) is 0 Å². The van der Waals surface area contributed by atoms with Crippen LogP contribution in [0.1, 0.15) is 20.3 Å². The first kappa shape index (κ1) is 21.6. The lowest BCUT2D eigenvalue weighted by Gasteiger charge is -2.34. The summed E-state index contributed by atoms with van der Waals surface area (Å²) in [6.45, 7) is 5.19. The van der Waals surface area contributed by atoms with Crippen molar-refractivity contribution in [1.29, 1.82) is 0 Å². The number of aromatic nitrogens is 1. The fraction of sp³-hybridized carbons (Fsp3) is 0.400. The number of thioether (sulfide) groups is 1. The van der Waals surface area contributed by atoms with Crippen molar-refractivity contribution in [2.75, 3.05) is 24.2 Å². The van der Waals surface area contributed by atoms with Gasteiger partial charge in [0.15, 0.2) is 6.20 Å². The molecule has 0 saturated carbocycles. The first-order chi connectivity index (χ1) is 13.8. The number of rotatable bonds is 6. The zero-order chi connectivity index (χ0) is 21.0. The Morgan fingerprint density at radius 1 is 1.17 bits per heavy atom. The van der Waals surface area contributed by atoms with Gasteiger partial charge >= 0.3 is 0 Å². The average molecular weight is 436 g/mol. The molecule has 1 saturated heterocycles. The van der Waals surface area contributed by atoms with Gasteiger partial charge in [-0.2, -0.15) is 9.04 Å². The number of sulfonamides is 1. The highest BCUT2D eigenvalue weighted by Gasteiger charge is 2.31. The molecule has 1 N–H and O–H groups in total. The molecule has 1 aliphatic rings. The van der Waals surface area contributed by atoms with Crippen LogP contribution in [0.4, 0.5) is 5.69 Å². The smallest absolute Gasteiger partial charge is 0.251 e. The fourth-order valence-corrected chi connectivity index (χ4v) is 5.92. The van der Waals surface area contributed by atoms with E-state index in [1.165, 1.54) is 18.3 Å². The van der Waals surface area contributed by atoms with Crippen molar-refractivity contribution in [3.05, 3.63) is 53.9 Å². The van der Waals surface area contributed by atoms with Gasteiger partial charge in [-0.05, 0) is 60.4 Å². The van der Waals surface area contributed by atoms with Crippen LogP contribution in [0.5, 0.6) is 0 Å². The van der Waals surface area contributed by atoms with Crippen molar-refractivity contribution in [2.45, 2.75) is 30.2 Å². The van der Waals surface area contributed by atoms with E-state index in [0.29, 0.717) is 40.4 Å². The van der Waals surface area contributed by atoms with E-state index in [0.717, 1.165) is 18.2 Å². The summed E-state index contributed by atoms with van der Waals surface area (Å²) in [5, 5.41) is 14.8. The summed E-state index contributed by atoms with van der Waals surface area (Å²) < 4.78 is 28.1. The van der Waals surface area contributed by atoms with Crippen LogP contribution in [0.25, 0.3) is 0 Å². The largest absolute Gasteiger partial charge is 0.618 e. The molecule has 0 spiro atoms. The van der Waals surface area contributed by atoms with Gasteiger partial charge in [0.2, 0.25) is 15.9 Å². The lowest BCUT2D eigenvalue weighted by molar-refractivity contribution is -0.645. The highest BCUT2D eigenvalue weighted by molar-refractivity contribution is 7.99. The third-order valence-corrected chi connectivity index (χ3v) is 7.62. The van der Waals surface area contributed by atoms with Crippen LogP contribution in [0, 0.1) is 17.0 Å². The number of amides is 1. The van der Waals surface area contributed by atoms with E-state index in [2.05, 4.69) is 19.2 Å². The Hall–Kier alpha value is -2.10. The van der Waals surface area contributed by atoms with E-state index < -0.39 is 10.0 Å². The van der Waals surface area contributed by atoms with Crippen LogP contribution in [0.3, 0.4) is 0 Å². The van der Waals surface area contributed by atoms with Gasteiger partial charge in [0.05, 0.1) is 10.6 Å². The number of benzene rings is 1. The Morgan fingerprint density at radius 2 is 1.83 bits per heavy atom. The number of pyridine rings is 1. The second-order valence-corrected chi connectivity index (χ2v) is 10.4. The molecule has 0 bridgehead atoms. The van der Waals surface area contributed by atoms with Crippen molar-refractivity contribution in [3.8, 4) is 0 Å². The topological polar surface area (TPSA) is 93.4 Å². The molecule has 29 heavy (non-hydrogen) atoms. The highest BCUT2D eigenvalue weighted by atomic mass is 32.2. The molecule has 1 aromatic heterocycles. The highest BCUT2D eigenvalue weighted by Crippen LogP contribution is 2.27. The summed E-state index contributed by atoms with van der Waals surface area (Å²) in [6, 6.07) is 11.2. The lowest BCUT2D eigenvalue weighted by Crippen LogP contribution is -2.42. The lowest BCUT2D eigenvalue weighted by atomic mass is 9.94. The van der Waals surface area contributed by atoms with E-state index in [1.807, 2.05) is 0 Å². The maximum Gasteiger partial charge on any atom is 0.251 e. The minimum Gasteiger partial charge on any atom is -0.618 e. The molecule has 1 fully saturated rings. The summed E-state index contributed by atoms with van der Waals surface area (Å²) in [7, 11) is -3.55. The Kier molecular flexibility index (Phi) is 6.81. The van der Waals surface area contributed by atoms with Gasteiger partial charge in [0.1, 0.15) is 0 Å². The molecular formula is C20H25N3O4S2. The normalized spacial score (nSPS) is 20.3. The predicted octanol–water partition coefficient (Wildman–Crippen LogP) is 2.72. The first-order valence-corrected chi connectivity index (χ1v) is 11.9. The molecule has 2 unspecified atom stereocenters. The number of nitrogens with one attached hydrogen (secondary N) is 1. The monoisotopic (exact) mass is 435 g/mol. The Morgan fingerprint density at radius 3 is 2.45 bits per heavy atom. The van der Waals surface area contributed by atoms with Gasteiger partial charge < -0.3 is 10.5 Å². The van der Waals surface area contributed by atoms with E-state index >= 15 is 0 Å². The number of carbonyl (C=O) groups is 1. The molecule has 1 aliphatic heterocycles. The van der Waals surface area contributed by atoms with Crippen molar-refractivity contribution >= 4 is 33.4 Å². The zero-order valence-electron chi connectivity index (χ0n) is 16.4. The van der Waals surface area contributed by atoms with Crippen molar-refractivity contribution in [2.24, 2.45) is 11.8 Å². The number of hydrogen-bond acceptors (Lipinski definition) is 5. The molecule has 0 radical (unpaired) electrons. The molecule has 1 aromatic carbocycles. The van der Waals surface area contributed by atoms with Gasteiger partial charge in [-0.1, -0.05) is 13.8 Å². The molecule has 2 atom stereocenters. The number of nitrogens with zero attached hydrogens (tertiary/aromatic N) is 2. The Balaban J connectivity index is 1.61. The first-order valence-electron chi connectivity index (χ1n) is 9.47. The standard InChI is InChI=1S/C20H25N3O4S2/c1-15-11-16(2)13-22(12-15)29(26,27)18-8-6-17(7-9-18)21-19(24)14-28-20-5-3-4-10-23(20)25/h3-10,15-16H,11-14H2,1-2H3,(H,21,24). The fourth-order valence-electron chi connectivity index (χ4n) is 3.52. The second kappa shape index (κ2) is 9.15. The second-order valence-electron chi connectivity index (χ2n) is 7.49. The number of piperidine rings is 1. The van der Waals surface area contributed by atoms with Crippen molar-refractivity contribution < 1.29 is 17.9 Å². The SMILES string of the molecule is CC1CC(C)CN(S(=O)(=O)c2ccc(NC(=O)CSc3cccc[n+]3[O-])cc2)C1. The van der Waals surface area contributed by atoms with Crippen LogP contribution in [0.15, 0.2) is 58.6 Å². The number of carbonyl (C=O) groups excluding carboxylic acids is 1. The number of anilines is 1. The minimum absolute atomic E-state index is 0.0792. The summed E-state index contributed by atoms with van der Waals surface area (Å²) >= 11 is 1.14. The van der Waals surface area contributed by atoms with Crippen molar-refractivity contribution in [1.82, 2.24) is 4.31 Å². The van der Waals surface area contributed by atoms with Gasteiger partial charge in [0, 0.05) is 30.9 Å². The quantitative estimate of drug-likeness (QED) is 0.428. The van der Waals surface area contributed by atoms with Gasteiger partial charge in [-0.3, -0.25) is 4.79 Å². The van der Waals surface area contributed by atoms with Crippen LogP contribution in [-0.4, -0.2) is 37.5 Å². The maximum absolute atomic E-state index is 12.9. The molecule has 3 rings (SSSR count). The van der Waals surface area contributed by atoms with E-state index in [1.54, 1.807) is 34.6 Å². The summed E-state index contributed by atoms with van der Waals surface area (Å²) in [5.74, 6) is 0.479. The summed E-state index contributed by atoms with van der Waals surface area (Å²) in [6.07, 6.45) is 2.41. The van der Waals surface area contributed by atoms with Crippen LogP contribution < -0.4 is 10.0 Å². The van der Waals surface area contributed by atoms with Gasteiger partial charge in [-0.15, -0.1) is 0 Å². The zero-order valence-corrected chi connectivity index (χ0v) is 18.1. The molecule has 0 aliphatic carbocycles. The maximum atomic E-state index is 12.9. The molecule has 2 aromatic rings. The van der Waals surface area contributed by atoms with E-state index in [9.17, 15) is 18.4 Å². The third-order valence-electron chi connectivity index (χ3n) is 4.75. The van der Waals surface area contributed by atoms with E-state index in [-0.39, 0.29) is 16.6 Å². The van der Waals surface area contributed by atoms with Crippen LogP contribution in [-0.2, 0) is 14.8 Å². The van der Waals surface area contributed by atoms with Crippen molar-refractivity contribution in [3.63, 3.8) is 0 Å². The third kappa shape index (κ3) is 5.49. The molecule has 1 amide bonds. The molecule has 7 nitrogen and oxygen atoms in total. The average Bonchev–Trinajstić information content (AvgIpc) is 2.67. The minimum atomic E-state index is -3.55. The van der Waals surface area contributed by atoms with Gasteiger partial charge in [-0.25, -0.2) is 8.42 Å². The predicted molar refractivity (Wildman–Crippen MR) is 113 cm³/mol. The molecule has 9 heteroatoms. The summed E-state index contributed by atoms with van der Waals surface area (Å²) in [5.41, 5.74) is 0.512. The summed E-state index contributed by atoms with van der Waals surface area (Å²) in [4.78, 5) is 12.4. The Labute approximate surface area is 175 Å². The Bertz CT molecular complexity index is 954. The molecule has 156 valence electrons. The molecular weight excluding hydrogens is 410 g/mol. The molecule has 2 heterocycles.